The number of benzene rings is 1. The highest BCUT2D eigenvalue weighted by Gasteiger charge is 2.03. The zero-order chi connectivity index (χ0) is 13.4. The van der Waals surface area contributed by atoms with Crippen molar-refractivity contribution in [3.05, 3.63) is 29.8 Å². The molecule has 0 saturated carbocycles. The molecule has 1 aromatic rings. The highest BCUT2D eigenvalue weighted by atomic mass is 32.2. The van der Waals surface area contributed by atoms with Crippen molar-refractivity contribution >= 4 is 10.8 Å². The van der Waals surface area contributed by atoms with Gasteiger partial charge < -0.3 is 10.1 Å². The first kappa shape index (κ1) is 15.2. The second-order valence-corrected chi connectivity index (χ2v) is 5.98. The van der Waals surface area contributed by atoms with Gasteiger partial charge in [-0.1, -0.05) is 12.1 Å². The van der Waals surface area contributed by atoms with Crippen molar-refractivity contribution in [2.24, 2.45) is 0 Å². The molecule has 0 aromatic heterocycles. The Morgan fingerprint density at radius 3 is 2.89 bits per heavy atom. The largest absolute Gasteiger partial charge is 0.494 e. The van der Waals surface area contributed by atoms with Crippen LogP contribution >= 0.6 is 0 Å². The fourth-order valence-corrected chi connectivity index (χ4v) is 2.33. The molecule has 0 radical (unpaired) electrons. The van der Waals surface area contributed by atoms with Crippen molar-refractivity contribution < 1.29 is 8.95 Å². The van der Waals surface area contributed by atoms with E-state index in [-0.39, 0.29) is 0 Å². The third kappa shape index (κ3) is 6.17. The minimum absolute atomic E-state index is 0.379. The summed E-state index contributed by atoms with van der Waals surface area (Å²) >= 11 is 0. The van der Waals surface area contributed by atoms with Gasteiger partial charge in [0.15, 0.2) is 0 Å². The summed E-state index contributed by atoms with van der Waals surface area (Å²) in [5.41, 5.74) is 1.21. The van der Waals surface area contributed by atoms with Gasteiger partial charge in [0.1, 0.15) is 5.75 Å². The van der Waals surface area contributed by atoms with Crippen LogP contribution in [-0.4, -0.2) is 28.9 Å². The first-order valence-electron chi connectivity index (χ1n) is 6.37. The van der Waals surface area contributed by atoms with Crippen LogP contribution in [0.3, 0.4) is 0 Å². The van der Waals surface area contributed by atoms with Crippen molar-refractivity contribution in [3.63, 3.8) is 0 Å². The highest BCUT2D eigenvalue weighted by molar-refractivity contribution is 7.84. The number of ether oxygens (including phenoxy) is 1. The maximum Gasteiger partial charge on any atom is 0.119 e. The van der Waals surface area contributed by atoms with Gasteiger partial charge in [-0.05, 0) is 38.0 Å². The minimum atomic E-state index is -0.701. The summed E-state index contributed by atoms with van der Waals surface area (Å²) in [6, 6.07) is 8.50. The fourth-order valence-electron chi connectivity index (χ4n) is 1.65. The van der Waals surface area contributed by atoms with Crippen LogP contribution in [0.25, 0.3) is 0 Å². The minimum Gasteiger partial charge on any atom is -0.494 e. The summed E-state index contributed by atoms with van der Waals surface area (Å²) in [6.07, 6.45) is 2.69. The molecule has 4 heteroatoms. The molecule has 0 bridgehead atoms. The summed E-state index contributed by atoms with van der Waals surface area (Å²) in [4.78, 5) is 0. The van der Waals surface area contributed by atoms with Gasteiger partial charge in [-0.25, -0.2) is 0 Å². The molecule has 0 heterocycles. The maximum atomic E-state index is 11.0. The molecule has 2 unspecified atom stereocenters. The van der Waals surface area contributed by atoms with Gasteiger partial charge in [-0.3, -0.25) is 4.21 Å². The Bertz CT molecular complexity index is 382. The van der Waals surface area contributed by atoms with Crippen LogP contribution in [0.1, 0.15) is 25.8 Å². The molecule has 1 aromatic carbocycles. The predicted octanol–water partition coefficient (Wildman–Crippen LogP) is 2.33. The molecule has 3 nitrogen and oxygen atoms in total. The SMILES string of the molecule is CCOc1cccc(CNC(C)CCS(C)=O)c1. The molecule has 18 heavy (non-hydrogen) atoms. The zero-order valence-electron chi connectivity index (χ0n) is 11.4. The van der Waals surface area contributed by atoms with E-state index >= 15 is 0 Å². The zero-order valence-corrected chi connectivity index (χ0v) is 12.3. The first-order valence-corrected chi connectivity index (χ1v) is 8.09. The standard InChI is InChI=1S/C14H23NO2S/c1-4-17-14-7-5-6-13(10-14)11-15-12(2)8-9-18(3)16/h5-7,10,12,15H,4,8-9,11H2,1-3H3. The van der Waals surface area contributed by atoms with Crippen LogP contribution in [0.15, 0.2) is 24.3 Å². The van der Waals surface area contributed by atoms with Crippen LogP contribution in [-0.2, 0) is 17.3 Å². The molecule has 0 fully saturated rings. The summed E-state index contributed by atoms with van der Waals surface area (Å²) in [7, 11) is -0.701. The van der Waals surface area contributed by atoms with Crippen LogP contribution in [0.2, 0.25) is 0 Å². The lowest BCUT2D eigenvalue weighted by atomic mass is 10.2. The predicted molar refractivity (Wildman–Crippen MR) is 77.5 cm³/mol. The van der Waals surface area contributed by atoms with E-state index in [1.54, 1.807) is 6.26 Å². The second kappa shape index (κ2) is 8.27. The van der Waals surface area contributed by atoms with Crippen LogP contribution in [0, 0.1) is 0 Å². The summed E-state index contributed by atoms with van der Waals surface area (Å²) in [5, 5.41) is 3.43. The highest BCUT2D eigenvalue weighted by Crippen LogP contribution is 2.13. The van der Waals surface area contributed by atoms with E-state index in [1.807, 2.05) is 19.1 Å². The van der Waals surface area contributed by atoms with Gasteiger partial charge in [-0.2, -0.15) is 0 Å². The molecule has 0 amide bonds. The quantitative estimate of drug-likeness (QED) is 0.787. The Labute approximate surface area is 112 Å². The normalized spacial score (nSPS) is 14.2. The number of rotatable bonds is 8. The van der Waals surface area contributed by atoms with Crippen molar-refractivity contribution in [1.29, 1.82) is 0 Å². The molecule has 0 aliphatic heterocycles. The fraction of sp³-hybridized carbons (Fsp3) is 0.571. The Kier molecular flexibility index (Phi) is 6.98. The second-order valence-electron chi connectivity index (χ2n) is 4.43. The van der Waals surface area contributed by atoms with E-state index in [9.17, 15) is 4.21 Å². The molecule has 1 N–H and O–H groups in total. The lowest BCUT2D eigenvalue weighted by Gasteiger charge is -2.13. The number of hydrogen-bond donors (Lipinski definition) is 1. The average Bonchev–Trinajstić information content (AvgIpc) is 2.35. The first-order chi connectivity index (χ1) is 8.61. The summed E-state index contributed by atoms with van der Waals surface area (Å²) in [5.74, 6) is 1.67. The molecular formula is C14H23NO2S. The third-order valence-electron chi connectivity index (χ3n) is 2.70. The number of hydrogen-bond acceptors (Lipinski definition) is 3. The molecule has 102 valence electrons. The molecule has 2 atom stereocenters. The Hall–Kier alpha value is -0.870. The van der Waals surface area contributed by atoms with E-state index in [4.69, 9.17) is 4.74 Å². The van der Waals surface area contributed by atoms with E-state index < -0.39 is 10.8 Å². The van der Waals surface area contributed by atoms with Crippen molar-refractivity contribution in [2.75, 3.05) is 18.6 Å². The topological polar surface area (TPSA) is 38.3 Å². The summed E-state index contributed by atoms with van der Waals surface area (Å²) < 4.78 is 16.5. The van der Waals surface area contributed by atoms with Gasteiger partial charge in [0.2, 0.25) is 0 Å². The van der Waals surface area contributed by atoms with E-state index in [1.165, 1.54) is 5.56 Å². The Morgan fingerprint density at radius 2 is 2.22 bits per heavy atom. The van der Waals surface area contributed by atoms with E-state index in [2.05, 4.69) is 24.4 Å². The molecule has 1 rings (SSSR count). The Morgan fingerprint density at radius 1 is 1.44 bits per heavy atom. The monoisotopic (exact) mass is 269 g/mol. The average molecular weight is 269 g/mol. The molecule has 0 spiro atoms. The van der Waals surface area contributed by atoms with Crippen molar-refractivity contribution in [2.45, 2.75) is 32.9 Å². The van der Waals surface area contributed by atoms with Gasteiger partial charge in [-0.15, -0.1) is 0 Å². The number of nitrogens with one attached hydrogen (secondary N) is 1. The Balaban J connectivity index is 2.38. The smallest absolute Gasteiger partial charge is 0.119 e. The van der Waals surface area contributed by atoms with Crippen LogP contribution in [0.4, 0.5) is 0 Å². The van der Waals surface area contributed by atoms with E-state index in [0.717, 1.165) is 24.5 Å². The van der Waals surface area contributed by atoms with Gasteiger partial charge in [0, 0.05) is 35.4 Å². The van der Waals surface area contributed by atoms with Gasteiger partial charge >= 0.3 is 0 Å². The molecule has 0 aliphatic rings. The lowest BCUT2D eigenvalue weighted by Crippen LogP contribution is -2.26. The van der Waals surface area contributed by atoms with E-state index in [0.29, 0.717) is 12.6 Å². The van der Waals surface area contributed by atoms with Crippen molar-refractivity contribution in [3.8, 4) is 5.75 Å². The van der Waals surface area contributed by atoms with Crippen LogP contribution < -0.4 is 10.1 Å². The summed E-state index contributed by atoms with van der Waals surface area (Å²) in [6.45, 7) is 5.62. The molecule has 0 aliphatic carbocycles. The third-order valence-corrected chi connectivity index (χ3v) is 3.51. The maximum absolute atomic E-state index is 11.0. The van der Waals surface area contributed by atoms with Crippen molar-refractivity contribution in [1.82, 2.24) is 5.32 Å². The van der Waals surface area contributed by atoms with Crippen LogP contribution in [0.5, 0.6) is 5.75 Å². The molecular weight excluding hydrogens is 246 g/mol. The van der Waals surface area contributed by atoms with Gasteiger partial charge in [0.05, 0.1) is 6.61 Å². The lowest BCUT2D eigenvalue weighted by molar-refractivity contribution is 0.339. The molecule has 0 saturated heterocycles. The van der Waals surface area contributed by atoms with Gasteiger partial charge in [0.25, 0.3) is 0 Å².